The molecule has 0 aromatic heterocycles. The lowest BCUT2D eigenvalue weighted by Crippen LogP contribution is -2.29. The van der Waals surface area contributed by atoms with Gasteiger partial charge in [0, 0.05) is 13.1 Å². The Bertz CT molecular complexity index is 371. The zero-order chi connectivity index (χ0) is 12.8. The van der Waals surface area contributed by atoms with Gasteiger partial charge in [0.2, 0.25) is 0 Å². The van der Waals surface area contributed by atoms with E-state index in [1.165, 1.54) is 19.3 Å². The topological polar surface area (TPSA) is 29.3 Å². The van der Waals surface area contributed by atoms with Crippen LogP contribution >= 0.6 is 0 Å². The number of anilines is 1. The average Bonchev–Trinajstić information content (AvgIpc) is 2.31. The summed E-state index contributed by atoms with van der Waals surface area (Å²) in [7, 11) is 0. The van der Waals surface area contributed by atoms with Gasteiger partial charge in [-0.05, 0) is 37.4 Å². The molecule has 0 radical (unpaired) electrons. The van der Waals surface area contributed by atoms with Crippen molar-refractivity contribution in [2.75, 3.05) is 24.5 Å². The van der Waals surface area contributed by atoms with Gasteiger partial charge in [-0.2, -0.15) is 0 Å². The normalized spacial score (nSPS) is 17.3. The quantitative estimate of drug-likeness (QED) is 0.893. The molecule has 1 heterocycles. The molecule has 0 aliphatic carbocycles. The maximum atomic E-state index is 14.1. The van der Waals surface area contributed by atoms with E-state index >= 15 is 0 Å². The maximum Gasteiger partial charge on any atom is 0.146 e. The predicted octanol–water partition coefficient (Wildman–Crippen LogP) is 3.10. The highest BCUT2D eigenvalue weighted by atomic mass is 19.1. The highest BCUT2D eigenvalue weighted by Gasteiger charge is 2.16. The summed E-state index contributed by atoms with van der Waals surface area (Å²) in [5.41, 5.74) is 7.47. The van der Waals surface area contributed by atoms with Gasteiger partial charge in [-0.3, -0.25) is 0 Å². The minimum Gasteiger partial charge on any atom is -0.369 e. The Morgan fingerprint density at radius 3 is 2.39 bits per heavy atom. The molecule has 1 aromatic rings. The first-order valence-electron chi connectivity index (χ1n) is 7.05. The van der Waals surface area contributed by atoms with Crippen molar-refractivity contribution in [2.24, 2.45) is 5.73 Å². The van der Waals surface area contributed by atoms with Crippen LogP contribution in [0.1, 0.15) is 37.7 Å². The van der Waals surface area contributed by atoms with Crippen LogP contribution in [0.25, 0.3) is 0 Å². The monoisotopic (exact) mass is 250 g/mol. The molecule has 18 heavy (non-hydrogen) atoms. The molecule has 1 saturated heterocycles. The summed E-state index contributed by atoms with van der Waals surface area (Å²) < 4.78 is 14.1. The van der Waals surface area contributed by atoms with Crippen molar-refractivity contribution in [2.45, 2.75) is 38.5 Å². The number of halogens is 1. The summed E-state index contributed by atoms with van der Waals surface area (Å²) >= 11 is 0. The molecule has 100 valence electrons. The van der Waals surface area contributed by atoms with E-state index < -0.39 is 0 Å². The van der Waals surface area contributed by atoms with E-state index in [2.05, 4.69) is 4.90 Å². The molecule has 0 amide bonds. The lowest BCUT2D eigenvalue weighted by Gasteiger charge is -2.29. The summed E-state index contributed by atoms with van der Waals surface area (Å²) in [6.07, 6.45) is 6.92. The first kappa shape index (κ1) is 13.3. The Balaban J connectivity index is 2.23. The van der Waals surface area contributed by atoms with Crippen molar-refractivity contribution in [3.05, 3.63) is 29.6 Å². The molecule has 0 saturated carbocycles. The van der Waals surface area contributed by atoms with Crippen molar-refractivity contribution in [1.29, 1.82) is 0 Å². The van der Waals surface area contributed by atoms with E-state index in [-0.39, 0.29) is 5.82 Å². The lowest BCUT2D eigenvalue weighted by atomic mass is 10.0. The largest absolute Gasteiger partial charge is 0.369 e. The second-order valence-electron chi connectivity index (χ2n) is 5.04. The van der Waals surface area contributed by atoms with Crippen LogP contribution in [0.5, 0.6) is 0 Å². The van der Waals surface area contributed by atoms with Crippen LogP contribution in [-0.4, -0.2) is 19.6 Å². The maximum absolute atomic E-state index is 14.1. The highest BCUT2D eigenvalue weighted by Crippen LogP contribution is 2.27. The molecule has 1 aromatic carbocycles. The van der Waals surface area contributed by atoms with E-state index in [1.54, 1.807) is 12.1 Å². The van der Waals surface area contributed by atoms with Gasteiger partial charge in [0.1, 0.15) is 5.82 Å². The van der Waals surface area contributed by atoms with Crippen LogP contribution in [-0.2, 0) is 6.42 Å². The van der Waals surface area contributed by atoms with Crippen molar-refractivity contribution >= 4 is 5.69 Å². The molecule has 2 rings (SSSR count). The van der Waals surface area contributed by atoms with Crippen molar-refractivity contribution in [3.8, 4) is 0 Å². The summed E-state index contributed by atoms with van der Waals surface area (Å²) in [5.74, 6) is -0.0958. The zero-order valence-corrected chi connectivity index (χ0v) is 11.0. The number of rotatable bonds is 3. The van der Waals surface area contributed by atoms with Crippen LogP contribution in [0, 0.1) is 5.82 Å². The van der Waals surface area contributed by atoms with Crippen molar-refractivity contribution < 1.29 is 4.39 Å². The van der Waals surface area contributed by atoms with E-state index in [4.69, 9.17) is 5.73 Å². The minimum atomic E-state index is -0.0958. The molecule has 1 aliphatic heterocycles. The molecule has 2 N–H and O–H groups in total. The van der Waals surface area contributed by atoms with Crippen LogP contribution in [0.15, 0.2) is 18.2 Å². The van der Waals surface area contributed by atoms with Crippen LogP contribution in [0.2, 0.25) is 0 Å². The summed E-state index contributed by atoms with van der Waals surface area (Å²) in [6.45, 7) is 2.52. The van der Waals surface area contributed by atoms with E-state index in [1.807, 2.05) is 6.07 Å². The van der Waals surface area contributed by atoms with Crippen LogP contribution < -0.4 is 10.6 Å². The first-order valence-corrected chi connectivity index (χ1v) is 7.05. The second-order valence-corrected chi connectivity index (χ2v) is 5.04. The Labute approximate surface area is 109 Å². The van der Waals surface area contributed by atoms with Gasteiger partial charge in [-0.15, -0.1) is 0 Å². The van der Waals surface area contributed by atoms with Gasteiger partial charge in [-0.1, -0.05) is 31.4 Å². The Morgan fingerprint density at radius 1 is 1.06 bits per heavy atom. The van der Waals surface area contributed by atoms with Crippen LogP contribution in [0.3, 0.4) is 0 Å². The molecular formula is C15H23FN2. The lowest BCUT2D eigenvalue weighted by molar-refractivity contribution is 0.543. The Kier molecular flexibility index (Phi) is 5.00. The molecule has 1 fully saturated rings. The third-order valence-corrected chi connectivity index (χ3v) is 3.66. The predicted molar refractivity (Wildman–Crippen MR) is 74.5 cm³/mol. The SMILES string of the molecule is NCCc1cccc(F)c1N1CCCCCCC1. The smallest absolute Gasteiger partial charge is 0.146 e. The third kappa shape index (κ3) is 3.22. The molecule has 0 bridgehead atoms. The molecule has 0 atom stereocenters. The molecule has 0 unspecified atom stereocenters. The standard InChI is InChI=1S/C15H23FN2/c16-14-8-6-7-13(9-10-17)15(14)18-11-4-2-1-3-5-12-18/h6-8H,1-5,9-12,17H2. The number of nitrogens with zero attached hydrogens (tertiary/aromatic N) is 1. The number of hydrogen-bond acceptors (Lipinski definition) is 2. The number of benzene rings is 1. The fourth-order valence-corrected chi connectivity index (χ4v) is 2.74. The molecule has 1 aliphatic rings. The molecule has 0 spiro atoms. The van der Waals surface area contributed by atoms with Gasteiger partial charge in [-0.25, -0.2) is 4.39 Å². The average molecular weight is 250 g/mol. The number of hydrogen-bond donors (Lipinski definition) is 1. The molecular weight excluding hydrogens is 227 g/mol. The van der Waals surface area contributed by atoms with E-state index in [0.717, 1.165) is 43.6 Å². The molecule has 2 nitrogen and oxygen atoms in total. The van der Waals surface area contributed by atoms with Crippen LogP contribution in [0.4, 0.5) is 10.1 Å². The summed E-state index contributed by atoms with van der Waals surface area (Å²) in [6, 6.07) is 5.35. The van der Waals surface area contributed by atoms with Gasteiger partial charge >= 0.3 is 0 Å². The fraction of sp³-hybridized carbons (Fsp3) is 0.600. The third-order valence-electron chi connectivity index (χ3n) is 3.66. The van der Waals surface area contributed by atoms with E-state index in [9.17, 15) is 4.39 Å². The Morgan fingerprint density at radius 2 is 1.72 bits per heavy atom. The fourth-order valence-electron chi connectivity index (χ4n) is 2.74. The Hall–Kier alpha value is -1.09. The van der Waals surface area contributed by atoms with E-state index in [0.29, 0.717) is 6.54 Å². The van der Waals surface area contributed by atoms with Gasteiger partial charge < -0.3 is 10.6 Å². The van der Waals surface area contributed by atoms with Crippen molar-refractivity contribution in [3.63, 3.8) is 0 Å². The van der Waals surface area contributed by atoms with Crippen molar-refractivity contribution in [1.82, 2.24) is 0 Å². The molecule has 3 heteroatoms. The second kappa shape index (κ2) is 6.74. The highest BCUT2D eigenvalue weighted by molar-refractivity contribution is 5.55. The summed E-state index contributed by atoms with van der Waals surface area (Å²) in [5, 5.41) is 0. The number of nitrogens with two attached hydrogens (primary N) is 1. The number of para-hydroxylation sites is 1. The van der Waals surface area contributed by atoms with Gasteiger partial charge in [0.15, 0.2) is 0 Å². The van der Waals surface area contributed by atoms with Gasteiger partial charge in [0.05, 0.1) is 5.69 Å². The first-order chi connectivity index (χ1) is 8.83. The minimum absolute atomic E-state index is 0.0958. The van der Waals surface area contributed by atoms with Gasteiger partial charge in [0.25, 0.3) is 0 Å². The zero-order valence-electron chi connectivity index (χ0n) is 11.0. The summed E-state index contributed by atoms with van der Waals surface area (Å²) in [4.78, 5) is 2.22.